The maximum Gasteiger partial charge on any atom is 0.182 e. The molecule has 0 aliphatic heterocycles. The molecule has 0 saturated heterocycles. The SMILES string of the molecule is Cc1ccc(-c2nc3ccc(C=O)cn3n2)cc1C. The quantitative estimate of drug-likeness (QED) is 0.658. The minimum Gasteiger partial charge on any atom is -0.298 e. The van der Waals surface area contributed by atoms with Gasteiger partial charge in [-0.05, 0) is 43.2 Å². The second-order valence-electron chi connectivity index (χ2n) is 4.62. The molecule has 2 aromatic heterocycles. The number of aryl methyl sites for hydroxylation is 2. The molecular formula is C15H13N3O. The molecule has 0 N–H and O–H groups in total. The fraction of sp³-hybridized carbons (Fsp3) is 0.133. The van der Waals surface area contributed by atoms with Crippen molar-refractivity contribution in [3.63, 3.8) is 0 Å². The number of hydrogen-bond acceptors (Lipinski definition) is 3. The summed E-state index contributed by atoms with van der Waals surface area (Å²) in [6.45, 7) is 4.14. The molecule has 0 unspecified atom stereocenters. The number of aldehydes is 1. The van der Waals surface area contributed by atoms with Crippen molar-refractivity contribution in [2.45, 2.75) is 13.8 Å². The molecule has 0 saturated carbocycles. The van der Waals surface area contributed by atoms with Crippen molar-refractivity contribution >= 4 is 11.9 Å². The van der Waals surface area contributed by atoms with Gasteiger partial charge >= 0.3 is 0 Å². The van der Waals surface area contributed by atoms with E-state index in [1.54, 1.807) is 22.8 Å². The molecule has 3 aromatic rings. The number of fused-ring (bicyclic) bond motifs is 1. The highest BCUT2D eigenvalue weighted by atomic mass is 16.1. The molecule has 0 amide bonds. The van der Waals surface area contributed by atoms with Crippen LogP contribution in [0.4, 0.5) is 0 Å². The Labute approximate surface area is 110 Å². The van der Waals surface area contributed by atoms with E-state index in [9.17, 15) is 4.79 Å². The van der Waals surface area contributed by atoms with Crippen LogP contribution in [0, 0.1) is 13.8 Å². The number of aromatic nitrogens is 3. The van der Waals surface area contributed by atoms with E-state index < -0.39 is 0 Å². The van der Waals surface area contributed by atoms with Gasteiger partial charge in [0, 0.05) is 17.3 Å². The fourth-order valence-corrected chi connectivity index (χ4v) is 1.97. The zero-order valence-electron chi connectivity index (χ0n) is 10.8. The summed E-state index contributed by atoms with van der Waals surface area (Å²) >= 11 is 0. The van der Waals surface area contributed by atoms with E-state index in [2.05, 4.69) is 36.1 Å². The number of carbonyl (C=O) groups excluding carboxylic acids is 1. The van der Waals surface area contributed by atoms with Crippen LogP contribution in [0.1, 0.15) is 21.5 Å². The molecule has 4 nitrogen and oxygen atoms in total. The van der Waals surface area contributed by atoms with Crippen LogP contribution >= 0.6 is 0 Å². The molecule has 0 aliphatic carbocycles. The van der Waals surface area contributed by atoms with Crippen molar-refractivity contribution in [1.29, 1.82) is 0 Å². The number of nitrogens with zero attached hydrogens (tertiary/aromatic N) is 3. The van der Waals surface area contributed by atoms with E-state index in [4.69, 9.17) is 0 Å². The lowest BCUT2D eigenvalue weighted by Gasteiger charge is -2.00. The van der Waals surface area contributed by atoms with Crippen LogP contribution in [0.3, 0.4) is 0 Å². The Morgan fingerprint density at radius 1 is 1.11 bits per heavy atom. The zero-order valence-corrected chi connectivity index (χ0v) is 10.8. The van der Waals surface area contributed by atoms with E-state index >= 15 is 0 Å². The van der Waals surface area contributed by atoms with Crippen LogP contribution in [-0.2, 0) is 0 Å². The molecule has 0 fully saturated rings. The Hall–Kier alpha value is -2.49. The standard InChI is InChI=1S/C15H13N3O/c1-10-3-5-13(7-11(10)2)15-16-14-6-4-12(9-19)8-18(14)17-15/h3-9H,1-2H3. The van der Waals surface area contributed by atoms with E-state index in [1.165, 1.54) is 11.1 Å². The number of carbonyl (C=O) groups is 1. The third kappa shape index (κ3) is 2.01. The van der Waals surface area contributed by atoms with Crippen LogP contribution < -0.4 is 0 Å². The van der Waals surface area contributed by atoms with E-state index in [0.29, 0.717) is 11.4 Å². The predicted octanol–water partition coefficient (Wildman–Crippen LogP) is 2.83. The van der Waals surface area contributed by atoms with Crippen LogP contribution in [0.25, 0.3) is 17.0 Å². The third-order valence-electron chi connectivity index (χ3n) is 3.26. The van der Waals surface area contributed by atoms with Gasteiger partial charge in [-0.15, -0.1) is 5.10 Å². The van der Waals surface area contributed by atoms with Gasteiger partial charge < -0.3 is 0 Å². The first kappa shape index (κ1) is 11.6. The van der Waals surface area contributed by atoms with Gasteiger partial charge in [-0.25, -0.2) is 9.50 Å². The van der Waals surface area contributed by atoms with Gasteiger partial charge in [-0.3, -0.25) is 4.79 Å². The number of rotatable bonds is 2. The Morgan fingerprint density at radius 2 is 1.95 bits per heavy atom. The minimum absolute atomic E-state index is 0.587. The maximum absolute atomic E-state index is 10.7. The summed E-state index contributed by atoms with van der Waals surface area (Å²) in [7, 11) is 0. The van der Waals surface area contributed by atoms with Crippen LogP contribution in [0.5, 0.6) is 0 Å². The Bertz CT molecular complexity index is 774. The van der Waals surface area contributed by atoms with Crippen molar-refractivity contribution in [3.8, 4) is 11.4 Å². The van der Waals surface area contributed by atoms with Gasteiger partial charge in [-0.1, -0.05) is 12.1 Å². The Kier molecular flexibility index (Phi) is 2.63. The first-order valence-corrected chi connectivity index (χ1v) is 6.06. The Morgan fingerprint density at radius 3 is 2.68 bits per heavy atom. The number of hydrogen-bond donors (Lipinski definition) is 0. The molecule has 0 aliphatic rings. The molecule has 0 radical (unpaired) electrons. The molecular weight excluding hydrogens is 238 g/mol. The predicted molar refractivity (Wildman–Crippen MR) is 73.3 cm³/mol. The highest BCUT2D eigenvalue weighted by Gasteiger charge is 2.07. The molecule has 19 heavy (non-hydrogen) atoms. The molecule has 2 heterocycles. The average Bonchev–Trinajstić information content (AvgIpc) is 2.84. The molecule has 0 atom stereocenters. The second-order valence-corrected chi connectivity index (χ2v) is 4.62. The third-order valence-corrected chi connectivity index (χ3v) is 3.26. The van der Waals surface area contributed by atoms with E-state index in [1.807, 2.05) is 6.07 Å². The van der Waals surface area contributed by atoms with Gasteiger partial charge in [0.1, 0.15) is 0 Å². The highest BCUT2D eigenvalue weighted by Crippen LogP contribution is 2.19. The highest BCUT2D eigenvalue weighted by molar-refractivity contribution is 5.75. The van der Waals surface area contributed by atoms with E-state index in [0.717, 1.165) is 17.5 Å². The number of pyridine rings is 1. The van der Waals surface area contributed by atoms with Crippen LogP contribution in [0.2, 0.25) is 0 Å². The van der Waals surface area contributed by atoms with Gasteiger partial charge in [0.2, 0.25) is 0 Å². The molecule has 0 spiro atoms. The van der Waals surface area contributed by atoms with Crippen LogP contribution in [0.15, 0.2) is 36.5 Å². The van der Waals surface area contributed by atoms with Gasteiger partial charge in [0.15, 0.2) is 17.8 Å². The second kappa shape index (κ2) is 4.31. The summed E-state index contributed by atoms with van der Waals surface area (Å²) in [5.74, 6) is 0.672. The minimum atomic E-state index is 0.587. The zero-order chi connectivity index (χ0) is 13.4. The molecule has 94 valence electrons. The lowest BCUT2D eigenvalue weighted by Crippen LogP contribution is -1.90. The summed E-state index contributed by atoms with van der Waals surface area (Å²) in [4.78, 5) is 15.2. The van der Waals surface area contributed by atoms with Gasteiger partial charge in [-0.2, -0.15) is 0 Å². The van der Waals surface area contributed by atoms with Crippen molar-refractivity contribution in [1.82, 2.24) is 14.6 Å². The normalized spacial score (nSPS) is 10.8. The van der Waals surface area contributed by atoms with E-state index in [-0.39, 0.29) is 0 Å². The largest absolute Gasteiger partial charge is 0.298 e. The first-order valence-electron chi connectivity index (χ1n) is 6.06. The van der Waals surface area contributed by atoms with Crippen molar-refractivity contribution in [3.05, 3.63) is 53.2 Å². The van der Waals surface area contributed by atoms with Crippen molar-refractivity contribution in [2.75, 3.05) is 0 Å². The molecule has 4 heteroatoms. The van der Waals surface area contributed by atoms with Crippen LogP contribution in [-0.4, -0.2) is 20.9 Å². The average molecular weight is 251 g/mol. The first-order chi connectivity index (χ1) is 9.17. The molecule has 3 rings (SSSR count). The van der Waals surface area contributed by atoms with Gasteiger partial charge in [0.05, 0.1) is 0 Å². The number of benzene rings is 1. The topological polar surface area (TPSA) is 47.3 Å². The smallest absolute Gasteiger partial charge is 0.182 e. The maximum atomic E-state index is 10.7. The molecule has 0 bridgehead atoms. The summed E-state index contributed by atoms with van der Waals surface area (Å²) < 4.78 is 1.63. The molecule has 1 aromatic carbocycles. The van der Waals surface area contributed by atoms with Crippen molar-refractivity contribution < 1.29 is 4.79 Å². The van der Waals surface area contributed by atoms with Crippen molar-refractivity contribution in [2.24, 2.45) is 0 Å². The van der Waals surface area contributed by atoms with Gasteiger partial charge in [0.25, 0.3) is 0 Å². The summed E-state index contributed by atoms with van der Waals surface area (Å²) in [6.07, 6.45) is 2.48. The summed E-state index contributed by atoms with van der Waals surface area (Å²) in [6, 6.07) is 9.68. The monoisotopic (exact) mass is 251 g/mol. The lowest BCUT2D eigenvalue weighted by molar-refractivity contribution is 0.112. The lowest BCUT2D eigenvalue weighted by atomic mass is 10.1. The summed E-state index contributed by atoms with van der Waals surface area (Å²) in [5, 5.41) is 4.41. The Balaban J connectivity index is 2.14. The fourth-order valence-electron chi connectivity index (χ4n) is 1.97. The summed E-state index contributed by atoms with van der Waals surface area (Å²) in [5.41, 5.74) is 4.77.